The minimum Gasteiger partial charge on any atom is -0.351 e. The molecule has 1 amide bonds. The number of carbonyl (C=O) groups excluding carboxylic acids is 1. The minimum absolute atomic E-state index is 0.186. The largest absolute Gasteiger partial charge is 0.351 e. The van der Waals surface area contributed by atoms with E-state index in [-0.39, 0.29) is 11.3 Å². The van der Waals surface area contributed by atoms with Crippen LogP contribution in [0.2, 0.25) is 0 Å². The predicted octanol–water partition coefficient (Wildman–Crippen LogP) is 2.52. The number of hydrogen-bond donors (Lipinski definition) is 2. The van der Waals surface area contributed by atoms with E-state index in [4.69, 9.17) is 0 Å². The van der Waals surface area contributed by atoms with E-state index in [1.165, 1.54) is 4.88 Å². The van der Waals surface area contributed by atoms with Crippen LogP contribution in [0.4, 0.5) is 0 Å². The van der Waals surface area contributed by atoms with Crippen molar-refractivity contribution in [1.29, 1.82) is 0 Å². The molecular weight excluding hydrogens is 300 g/mol. The van der Waals surface area contributed by atoms with Crippen LogP contribution in [0.5, 0.6) is 0 Å². The van der Waals surface area contributed by atoms with Gasteiger partial charge in [-0.3, -0.25) is 4.79 Å². The smallest absolute Gasteiger partial charge is 0.227 e. The molecule has 1 saturated heterocycles. The van der Waals surface area contributed by atoms with Gasteiger partial charge in [0.2, 0.25) is 5.91 Å². The van der Waals surface area contributed by atoms with Crippen molar-refractivity contribution < 1.29 is 4.79 Å². The standard InChI is InChI=1S/C12H17BrN2OS/c1-2-12(5-6-14-8-12)11(16)15-7-9-3-4-10(13)17-9/h3-4,14H,2,5-8H2,1H3,(H,15,16). The molecule has 1 aromatic heterocycles. The van der Waals surface area contributed by atoms with Crippen molar-refractivity contribution in [3.63, 3.8) is 0 Å². The molecule has 0 aliphatic carbocycles. The van der Waals surface area contributed by atoms with Gasteiger partial charge in [-0.05, 0) is 47.4 Å². The van der Waals surface area contributed by atoms with E-state index in [2.05, 4.69) is 33.5 Å². The average Bonchev–Trinajstić information content (AvgIpc) is 2.95. The summed E-state index contributed by atoms with van der Waals surface area (Å²) in [4.78, 5) is 13.4. The van der Waals surface area contributed by atoms with E-state index in [1.54, 1.807) is 11.3 Å². The highest BCUT2D eigenvalue weighted by Gasteiger charge is 2.39. The third kappa shape index (κ3) is 2.89. The third-order valence-electron chi connectivity index (χ3n) is 3.45. The summed E-state index contributed by atoms with van der Waals surface area (Å²) in [6.45, 7) is 4.49. The quantitative estimate of drug-likeness (QED) is 0.896. The topological polar surface area (TPSA) is 41.1 Å². The second-order valence-corrected chi connectivity index (χ2v) is 7.00. The number of rotatable bonds is 4. The average molecular weight is 317 g/mol. The molecular formula is C12H17BrN2OS. The number of carbonyl (C=O) groups is 1. The Morgan fingerprint density at radius 3 is 3.00 bits per heavy atom. The lowest BCUT2D eigenvalue weighted by Gasteiger charge is -2.25. The molecule has 1 aliphatic rings. The number of thiophene rings is 1. The van der Waals surface area contributed by atoms with E-state index in [1.807, 2.05) is 12.1 Å². The van der Waals surface area contributed by atoms with Gasteiger partial charge in [0.1, 0.15) is 0 Å². The Balaban J connectivity index is 1.92. The van der Waals surface area contributed by atoms with Gasteiger partial charge in [0, 0.05) is 11.4 Å². The predicted molar refractivity (Wildman–Crippen MR) is 74.1 cm³/mol. The fraction of sp³-hybridized carbons (Fsp3) is 0.583. The Hall–Kier alpha value is -0.390. The van der Waals surface area contributed by atoms with Crippen LogP contribution in [0.3, 0.4) is 0 Å². The molecule has 94 valence electrons. The highest BCUT2D eigenvalue weighted by atomic mass is 79.9. The fourth-order valence-electron chi connectivity index (χ4n) is 2.20. The number of amides is 1. The molecule has 1 unspecified atom stereocenters. The summed E-state index contributed by atoms with van der Waals surface area (Å²) < 4.78 is 1.11. The molecule has 0 radical (unpaired) electrons. The zero-order valence-corrected chi connectivity index (χ0v) is 12.3. The second kappa shape index (κ2) is 5.50. The summed E-state index contributed by atoms with van der Waals surface area (Å²) >= 11 is 5.09. The molecule has 1 aliphatic heterocycles. The third-order valence-corrected chi connectivity index (χ3v) is 5.08. The first-order valence-electron chi connectivity index (χ1n) is 5.89. The molecule has 1 fully saturated rings. The summed E-state index contributed by atoms with van der Waals surface area (Å²) in [5.41, 5.74) is -0.186. The number of nitrogens with one attached hydrogen (secondary N) is 2. The van der Waals surface area contributed by atoms with Gasteiger partial charge in [0.05, 0.1) is 15.7 Å². The van der Waals surface area contributed by atoms with E-state index in [0.29, 0.717) is 6.54 Å². The Kier molecular flexibility index (Phi) is 4.22. The monoisotopic (exact) mass is 316 g/mol. The van der Waals surface area contributed by atoms with Crippen LogP contribution in [0, 0.1) is 5.41 Å². The van der Waals surface area contributed by atoms with Crippen molar-refractivity contribution in [3.05, 3.63) is 20.8 Å². The lowest BCUT2D eigenvalue weighted by Crippen LogP contribution is -2.41. The molecule has 5 heteroatoms. The minimum atomic E-state index is -0.186. The lowest BCUT2D eigenvalue weighted by molar-refractivity contribution is -0.130. The molecule has 1 atom stereocenters. The molecule has 3 nitrogen and oxygen atoms in total. The fourth-order valence-corrected chi connectivity index (χ4v) is 3.62. The zero-order chi connectivity index (χ0) is 12.3. The molecule has 0 bridgehead atoms. The maximum absolute atomic E-state index is 12.2. The maximum atomic E-state index is 12.2. The van der Waals surface area contributed by atoms with E-state index < -0.39 is 0 Å². The Morgan fingerprint density at radius 2 is 2.47 bits per heavy atom. The second-order valence-electron chi connectivity index (χ2n) is 4.45. The number of hydrogen-bond acceptors (Lipinski definition) is 3. The summed E-state index contributed by atoms with van der Waals surface area (Å²) in [5, 5.41) is 6.34. The Morgan fingerprint density at radius 1 is 1.65 bits per heavy atom. The Labute approximate surface area is 114 Å². The first-order valence-corrected chi connectivity index (χ1v) is 7.50. The van der Waals surface area contributed by atoms with Crippen LogP contribution in [-0.4, -0.2) is 19.0 Å². The van der Waals surface area contributed by atoms with Crippen LogP contribution in [0.25, 0.3) is 0 Å². The van der Waals surface area contributed by atoms with Crippen molar-refractivity contribution >= 4 is 33.2 Å². The van der Waals surface area contributed by atoms with Crippen LogP contribution in [0.15, 0.2) is 15.9 Å². The SMILES string of the molecule is CCC1(C(=O)NCc2ccc(Br)s2)CCNC1. The van der Waals surface area contributed by atoms with Gasteiger partial charge in [-0.2, -0.15) is 0 Å². The van der Waals surface area contributed by atoms with Crippen LogP contribution < -0.4 is 10.6 Å². The molecule has 17 heavy (non-hydrogen) atoms. The van der Waals surface area contributed by atoms with Gasteiger partial charge in [-0.15, -0.1) is 11.3 Å². The van der Waals surface area contributed by atoms with Crippen molar-refractivity contribution in [2.24, 2.45) is 5.41 Å². The van der Waals surface area contributed by atoms with Gasteiger partial charge < -0.3 is 10.6 Å². The van der Waals surface area contributed by atoms with Crippen molar-refractivity contribution in [1.82, 2.24) is 10.6 Å². The molecule has 2 N–H and O–H groups in total. The van der Waals surface area contributed by atoms with E-state index >= 15 is 0 Å². The van der Waals surface area contributed by atoms with Crippen LogP contribution in [0.1, 0.15) is 24.6 Å². The molecule has 1 aromatic rings. The summed E-state index contributed by atoms with van der Waals surface area (Å²) in [6, 6.07) is 4.05. The van der Waals surface area contributed by atoms with Crippen molar-refractivity contribution in [3.8, 4) is 0 Å². The summed E-state index contributed by atoms with van der Waals surface area (Å²) in [5.74, 6) is 0.189. The highest BCUT2D eigenvalue weighted by Crippen LogP contribution is 2.30. The summed E-state index contributed by atoms with van der Waals surface area (Å²) in [6.07, 6.45) is 1.85. The number of halogens is 1. The van der Waals surface area contributed by atoms with Gasteiger partial charge >= 0.3 is 0 Å². The first kappa shape index (κ1) is 13.1. The van der Waals surface area contributed by atoms with Gasteiger partial charge in [-0.25, -0.2) is 0 Å². The molecule has 0 spiro atoms. The van der Waals surface area contributed by atoms with E-state index in [0.717, 1.165) is 29.7 Å². The summed E-state index contributed by atoms with van der Waals surface area (Å²) in [7, 11) is 0. The zero-order valence-electron chi connectivity index (χ0n) is 9.88. The van der Waals surface area contributed by atoms with Gasteiger partial charge in [0.25, 0.3) is 0 Å². The maximum Gasteiger partial charge on any atom is 0.227 e. The first-order chi connectivity index (χ1) is 8.16. The van der Waals surface area contributed by atoms with E-state index in [9.17, 15) is 4.79 Å². The van der Waals surface area contributed by atoms with Crippen molar-refractivity contribution in [2.75, 3.05) is 13.1 Å². The Bertz CT molecular complexity index is 399. The normalized spacial score (nSPS) is 23.9. The van der Waals surface area contributed by atoms with Crippen molar-refractivity contribution in [2.45, 2.75) is 26.3 Å². The molecule has 0 saturated carbocycles. The van der Waals surface area contributed by atoms with Gasteiger partial charge in [-0.1, -0.05) is 6.92 Å². The van der Waals surface area contributed by atoms with Crippen LogP contribution in [-0.2, 0) is 11.3 Å². The molecule has 2 rings (SSSR count). The lowest BCUT2D eigenvalue weighted by atomic mass is 9.83. The highest BCUT2D eigenvalue weighted by molar-refractivity contribution is 9.11. The van der Waals surface area contributed by atoms with Gasteiger partial charge in [0.15, 0.2) is 0 Å². The molecule has 2 heterocycles. The molecule has 0 aromatic carbocycles. The van der Waals surface area contributed by atoms with Crippen LogP contribution >= 0.6 is 27.3 Å².